The Labute approximate surface area is 91.8 Å². The van der Waals surface area contributed by atoms with E-state index in [9.17, 15) is 4.39 Å². The summed E-state index contributed by atoms with van der Waals surface area (Å²) in [5.41, 5.74) is 0.623. The Morgan fingerprint density at radius 3 is 2.93 bits per heavy atom. The van der Waals surface area contributed by atoms with Crippen molar-refractivity contribution in [3.8, 4) is 10.4 Å². The maximum atomic E-state index is 13.4. The van der Waals surface area contributed by atoms with E-state index in [1.807, 2.05) is 13.1 Å². The fourth-order valence-electron chi connectivity index (χ4n) is 1.33. The highest BCUT2D eigenvalue weighted by atomic mass is 32.1. The van der Waals surface area contributed by atoms with Crippen LogP contribution in [0.4, 0.5) is 4.39 Å². The van der Waals surface area contributed by atoms with Gasteiger partial charge in [0.2, 0.25) is 0 Å². The normalized spacial score (nSPS) is 10.5. The quantitative estimate of drug-likeness (QED) is 0.863. The number of nitrogens with zero attached hydrogens (tertiary/aromatic N) is 1. The molecule has 2 nitrogen and oxygen atoms in total. The maximum Gasteiger partial charge on any atom is 0.131 e. The van der Waals surface area contributed by atoms with Crippen molar-refractivity contribution in [2.24, 2.45) is 0 Å². The van der Waals surface area contributed by atoms with Gasteiger partial charge in [-0.3, -0.25) is 0 Å². The molecule has 0 unspecified atom stereocenters. The van der Waals surface area contributed by atoms with Crippen molar-refractivity contribution in [3.05, 3.63) is 41.3 Å². The predicted molar refractivity (Wildman–Crippen MR) is 60.3 cm³/mol. The number of halogens is 1. The molecule has 0 aliphatic heterocycles. The number of benzene rings is 1. The lowest BCUT2D eigenvalue weighted by Gasteiger charge is -1.97. The van der Waals surface area contributed by atoms with Crippen LogP contribution in [0.25, 0.3) is 10.4 Å². The smallest absolute Gasteiger partial charge is 0.131 e. The lowest BCUT2D eigenvalue weighted by Crippen LogP contribution is -2.03. The standard InChI is InChI=1S/C11H11FN2S/c1-13-7-11-14-6-10(15-11)8-4-2-3-5-9(8)12/h2-6,13H,7H2,1H3. The van der Waals surface area contributed by atoms with E-state index in [0.717, 1.165) is 16.4 Å². The molecule has 0 spiro atoms. The first-order valence-corrected chi connectivity index (χ1v) is 5.47. The summed E-state index contributed by atoms with van der Waals surface area (Å²) in [6.07, 6.45) is 1.72. The number of thiazole rings is 1. The Morgan fingerprint density at radius 2 is 2.20 bits per heavy atom. The van der Waals surface area contributed by atoms with Gasteiger partial charge >= 0.3 is 0 Å². The van der Waals surface area contributed by atoms with Crippen molar-refractivity contribution in [1.82, 2.24) is 10.3 Å². The first-order valence-electron chi connectivity index (χ1n) is 4.65. The summed E-state index contributed by atoms with van der Waals surface area (Å²) in [4.78, 5) is 5.09. The molecule has 0 aliphatic carbocycles. The number of hydrogen-bond acceptors (Lipinski definition) is 3. The molecule has 4 heteroatoms. The largest absolute Gasteiger partial charge is 0.314 e. The number of aromatic nitrogens is 1. The minimum absolute atomic E-state index is 0.197. The van der Waals surface area contributed by atoms with E-state index in [-0.39, 0.29) is 5.82 Å². The van der Waals surface area contributed by atoms with Crippen LogP contribution in [0.5, 0.6) is 0 Å². The summed E-state index contributed by atoms with van der Waals surface area (Å²) in [5, 5.41) is 3.99. The van der Waals surface area contributed by atoms with Crippen LogP contribution < -0.4 is 5.32 Å². The van der Waals surface area contributed by atoms with Crippen LogP contribution >= 0.6 is 11.3 Å². The molecular weight excluding hydrogens is 211 g/mol. The Kier molecular flexibility index (Phi) is 3.08. The highest BCUT2D eigenvalue weighted by Crippen LogP contribution is 2.27. The summed E-state index contributed by atoms with van der Waals surface area (Å²) in [5.74, 6) is -0.197. The molecule has 15 heavy (non-hydrogen) atoms. The summed E-state index contributed by atoms with van der Waals surface area (Å²) >= 11 is 1.51. The van der Waals surface area contributed by atoms with Crippen LogP contribution in [0.3, 0.4) is 0 Å². The van der Waals surface area contributed by atoms with Crippen molar-refractivity contribution < 1.29 is 4.39 Å². The zero-order valence-corrected chi connectivity index (χ0v) is 9.14. The van der Waals surface area contributed by atoms with Gasteiger partial charge in [0, 0.05) is 18.3 Å². The molecule has 1 aromatic heterocycles. The fraction of sp³-hybridized carbons (Fsp3) is 0.182. The second-order valence-electron chi connectivity index (χ2n) is 3.13. The van der Waals surface area contributed by atoms with E-state index in [0.29, 0.717) is 5.56 Å². The Balaban J connectivity index is 2.33. The molecule has 2 rings (SSSR count). The molecule has 0 atom stereocenters. The minimum atomic E-state index is -0.197. The van der Waals surface area contributed by atoms with Gasteiger partial charge in [-0.15, -0.1) is 11.3 Å². The fourth-order valence-corrected chi connectivity index (χ4v) is 2.29. The number of hydrogen-bond donors (Lipinski definition) is 1. The topological polar surface area (TPSA) is 24.9 Å². The van der Waals surface area contributed by atoms with E-state index in [1.54, 1.807) is 18.3 Å². The Hall–Kier alpha value is -1.26. The van der Waals surface area contributed by atoms with Crippen molar-refractivity contribution in [2.45, 2.75) is 6.54 Å². The average molecular weight is 222 g/mol. The van der Waals surface area contributed by atoms with E-state index in [2.05, 4.69) is 10.3 Å². The van der Waals surface area contributed by atoms with Gasteiger partial charge in [-0.05, 0) is 13.1 Å². The predicted octanol–water partition coefficient (Wildman–Crippen LogP) is 2.67. The van der Waals surface area contributed by atoms with E-state index >= 15 is 0 Å². The van der Waals surface area contributed by atoms with Gasteiger partial charge in [-0.25, -0.2) is 9.37 Å². The van der Waals surface area contributed by atoms with Crippen LogP contribution in [-0.2, 0) is 6.54 Å². The zero-order valence-electron chi connectivity index (χ0n) is 8.33. The van der Waals surface area contributed by atoms with Crippen LogP contribution in [0.1, 0.15) is 5.01 Å². The van der Waals surface area contributed by atoms with Gasteiger partial charge in [0.15, 0.2) is 0 Å². The molecule has 0 amide bonds. The van der Waals surface area contributed by atoms with Crippen molar-refractivity contribution in [3.63, 3.8) is 0 Å². The molecule has 0 bridgehead atoms. The van der Waals surface area contributed by atoms with Crippen molar-refractivity contribution in [2.75, 3.05) is 7.05 Å². The second-order valence-corrected chi connectivity index (χ2v) is 4.24. The molecule has 0 saturated heterocycles. The SMILES string of the molecule is CNCc1ncc(-c2ccccc2F)s1. The van der Waals surface area contributed by atoms with Gasteiger partial charge in [0.1, 0.15) is 10.8 Å². The lowest BCUT2D eigenvalue weighted by atomic mass is 10.2. The molecule has 78 valence electrons. The van der Waals surface area contributed by atoms with Crippen molar-refractivity contribution in [1.29, 1.82) is 0 Å². The third kappa shape index (κ3) is 2.22. The lowest BCUT2D eigenvalue weighted by molar-refractivity contribution is 0.631. The summed E-state index contributed by atoms with van der Waals surface area (Å²) in [6.45, 7) is 0.721. The second kappa shape index (κ2) is 4.51. The highest BCUT2D eigenvalue weighted by molar-refractivity contribution is 7.15. The average Bonchev–Trinajstić information content (AvgIpc) is 2.68. The van der Waals surface area contributed by atoms with Gasteiger partial charge in [0.05, 0.1) is 4.88 Å². The number of rotatable bonds is 3. The van der Waals surface area contributed by atoms with Gasteiger partial charge in [-0.2, -0.15) is 0 Å². The Bertz CT molecular complexity index is 453. The molecular formula is C11H11FN2S. The van der Waals surface area contributed by atoms with Crippen LogP contribution in [0.2, 0.25) is 0 Å². The number of nitrogens with one attached hydrogen (secondary N) is 1. The summed E-state index contributed by atoms with van der Waals surface area (Å²) < 4.78 is 13.4. The third-order valence-electron chi connectivity index (χ3n) is 2.02. The van der Waals surface area contributed by atoms with E-state index in [1.165, 1.54) is 17.4 Å². The molecule has 0 aliphatic rings. The molecule has 0 radical (unpaired) electrons. The van der Waals surface area contributed by atoms with Gasteiger partial charge in [-0.1, -0.05) is 18.2 Å². The molecule has 0 fully saturated rings. The van der Waals surface area contributed by atoms with Gasteiger partial charge in [0.25, 0.3) is 0 Å². The first kappa shape index (κ1) is 10.3. The molecule has 2 aromatic rings. The van der Waals surface area contributed by atoms with Crippen LogP contribution in [0, 0.1) is 5.82 Å². The van der Waals surface area contributed by atoms with Crippen molar-refractivity contribution >= 4 is 11.3 Å². The molecule has 0 saturated carbocycles. The van der Waals surface area contributed by atoms with Gasteiger partial charge < -0.3 is 5.32 Å². The Morgan fingerprint density at radius 1 is 1.40 bits per heavy atom. The first-order chi connectivity index (χ1) is 7.31. The van der Waals surface area contributed by atoms with Crippen LogP contribution in [0.15, 0.2) is 30.5 Å². The zero-order chi connectivity index (χ0) is 10.7. The van der Waals surface area contributed by atoms with E-state index < -0.39 is 0 Å². The molecule has 1 N–H and O–H groups in total. The maximum absolute atomic E-state index is 13.4. The van der Waals surface area contributed by atoms with Crippen LogP contribution in [-0.4, -0.2) is 12.0 Å². The summed E-state index contributed by atoms with van der Waals surface area (Å²) in [7, 11) is 1.87. The highest BCUT2D eigenvalue weighted by Gasteiger charge is 2.07. The monoisotopic (exact) mass is 222 g/mol. The molecule has 1 heterocycles. The third-order valence-corrected chi connectivity index (χ3v) is 3.05. The minimum Gasteiger partial charge on any atom is -0.314 e. The van der Waals surface area contributed by atoms with E-state index in [4.69, 9.17) is 0 Å². The molecule has 1 aromatic carbocycles. The summed E-state index contributed by atoms with van der Waals surface area (Å²) in [6, 6.07) is 6.75.